The molecule has 0 radical (unpaired) electrons. The van der Waals surface area contributed by atoms with Crippen molar-refractivity contribution in [2.75, 3.05) is 13.1 Å². The number of nitrogens with zero attached hydrogens (tertiary/aromatic N) is 2. The first-order valence-electron chi connectivity index (χ1n) is 8.07. The maximum Gasteiger partial charge on any atom is 0.426 e. The summed E-state index contributed by atoms with van der Waals surface area (Å²) < 4.78 is 78.4. The smallest absolute Gasteiger partial charge is 0.373 e. The predicted molar refractivity (Wildman–Crippen MR) is 87.6 cm³/mol. The number of carbonyl (C=O) groups excluding carboxylic acids is 1. The standard InChI is InChI=1S/C16H20F4N2O4S/c1-10-9-22(27(25,26)13-6-4-12(17)5-7-13)11(2)8-21(10)14(23)15(3,24)16(18,19)20/h4-7,10-11,24H,8-9H2,1-3H3/t10?,11?,15-/m1/s1. The van der Waals surface area contributed by atoms with E-state index in [1.807, 2.05) is 0 Å². The predicted octanol–water partition coefficient (Wildman–Crippen LogP) is 1.75. The lowest BCUT2D eigenvalue weighted by molar-refractivity contribution is -0.251. The molecule has 0 saturated carbocycles. The molecule has 1 aromatic carbocycles. The summed E-state index contributed by atoms with van der Waals surface area (Å²) in [5.41, 5.74) is -3.57. The molecule has 27 heavy (non-hydrogen) atoms. The van der Waals surface area contributed by atoms with Gasteiger partial charge in [0.15, 0.2) is 0 Å². The van der Waals surface area contributed by atoms with Crippen LogP contribution in [0, 0.1) is 5.82 Å². The summed E-state index contributed by atoms with van der Waals surface area (Å²) >= 11 is 0. The van der Waals surface area contributed by atoms with Gasteiger partial charge in [-0.05, 0) is 45.0 Å². The van der Waals surface area contributed by atoms with Crippen molar-refractivity contribution < 1.29 is 35.9 Å². The highest BCUT2D eigenvalue weighted by Crippen LogP contribution is 2.33. The van der Waals surface area contributed by atoms with Gasteiger partial charge in [-0.25, -0.2) is 12.8 Å². The number of alkyl halides is 3. The Labute approximate surface area is 154 Å². The second kappa shape index (κ2) is 7.02. The van der Waals surface area contributed by atoms with Crippen molar-refractivity contribution in [1.82, 2.24) is 9.21 Å². The fourth-order valence-corrected chi connectivity index (χ4v) is 4.56. The van der Waals surface area contributed by atoms with Gasteiger partial charge in [0.25, 0.3) is 5.91 Å². The largest absolute Gasteiger partial charge is 0.426 e. The zero-order chi connectivity index (χ0) is 20.8. The second-order valence-electron chi connectivity index (χ2n) is 6.75. The average molecular weight is 412 g/mol. The highest BCUT2D eigenvalue weighted by Gasteiger charge is 2.58. The Kier molecular flexibility index (Phi) is 5.61. The average Bonchev–Trinajstić information content (AvgIpc) is 2.55. The number of halogens is 4. The molecule has 2 unspecified atom stereocenters. The van der Waals surface area contributed by atoms with Crippen LogP contribution in [-0.2, 0) is 14.8 Å². The molecule has 0 aromatic heterocycles. The van der Waals surface area contributed by atoms with E-state index in [-0.39, 0.29) is 18.0 Å². The summed E-state index contributed by atoms with van der Waals surface area (Å²) in [5.74, 6) is -2.15. The fraction of sp³-hybridized carbons (Fsp3) is 0.562. The molecule has 3 atom stereocenters. The Morgan fingerprint density at radius 1 is 1.11 bits per heavy atom. The van der Waals surface area contributed by atoms with Crippen LogP contribution >= 0.6 is 0 Å². The molecule has 1 saturated heterocycles. The van der Waals surface area contributed by atoms with Crippen molar-refractivity contribution in [3.63, 3.8) is 0 Å². The van der Waals surface area contributed by atoms with Gasteiger partial charge in [-0.2, -0.15) is 17.5 Å². The zero-order valence-electron chi connectivity index (χ0n) is 14.9. The normalized spacial score (nSPS) is 24.5. The minimum atomic E-state index is -5.16. The fourth-order valence-electron chi connectivity index (χ4n) is 2.86. The van der Waals surface area contributed by atoms with Crippen LogP contribution in [0.1, 0.15) is 20.8 Å². The molecule has 152 valence electrons. The lowest BCUT2D eigenvalue weighted by atomic mass is 10.0. The maximum absolute atomic E-state index is 13.0. The lowest BCUT2D eigenvalue weighted by Crippen LogP contribution is -2.65. The molecule has 1 heterocycles. The molecule has 1 aromatic rings. The van der Waals surface area contributed by atoms with Gasteiger partial charge in [-0.15, -0.1) is 0 Å². The number of benzene rings is 1. The van der Waals surface area contributed by atoms with Crippen LogP contribution in [-0.4, -0.2) is 65.6 Å². The van der Waals surface area contributed by atoms with Crippen LogP contribution in [0.25, 0.3) is 0 Å². The number of aliphatic hydroxyl groups is 1. The van der Waals surface area contributed by atoms with Crippen molar-refractivity contribution in [3.8, 4) is 0 Å². The van der Waals surface area contributed by atoms with Gasteiger partial charge in [0.1, 0.15) is 5.82 Å². The van der Waals surface area contributed by atoms with Crippen molar-refractivity contribution >= 4 is 15.9 Å². The number of hydrogen-bond donors (Lipinski definition) is 1. The summed E-state index contributed by atoms with van der Waals surface area (Å²) in [6.07, 6.45) is -5.16. The summed E-state index contributed by atoms with van der Waals surface area (Å²) in [6, 6.07) is 2.41. The topological polar surface area (TPSA) is 77.9 Å². The van der Waals surface area contributed by atoms with E-state index in [4.69, 9.17) is 0 Å². The molecule has 0 bridgehead atoms. The minimum absolute atomic E-state index is 0.162. The Bertz CT molecular complexity index is 809. The molecule has 0 spiro atoms. The molecule has 6 nitrogen and oxygen atoms in total. The van der Waals surface area contributed by atoms with Crippen LogP contribution in [0.4, 0.5) is 17.6 Å². The second-order valence-corrected chi connectivity index (χ2v) is 8.64. The van der Waals surface area contributed by atoms with Crippen LogP contribution in [0.2, 0.25) is 0 Å². The maximum atomic E-state index is 13.0. The van der Waals surface area contributed by atoms with Crippen molar-refractivity contribution in [3.05, 3.63) is 30.1 Å². The first-order valence-corrected chi connectivity index (χ1v) is 9.51. The third-order valence-electron chi connectivity index (χ3n) is 4.58. The summed E-state index contributed by atoms with van der Waals surface area (Å²) in [4.78, 5) is 12.9. The number of rotatable bonds is 3. The van der Waals surface area contributed by atoms with Crippen LogP contribution < -0.4 is 0 Å². The van der Waals surface area contributed by atoms with Gasteiger partial charge in [0, 0.05) is 25.2 Å². The van der Waals surface area contributed by atoms with E-state index in [2.05, 4.69) is 0 Å². The van der Waals surface area contributed by atoms with E-state index in [0.717, 1.165) is 33.5 Å². The van der Waals surface area contributed by atoms with E-state index in [1.54, 1.807) is 0 Å². The van der Waals surface area contributed by atoms with Gasteiger partial charge in [0.05, 0.1) is 4.90 Å². The summed E-state index contributed by atoms with van der Waals surface area (Å²) in [7, 11) is -4.03. The SMILES string of the molecule is CC1CN(S(=O)(=O)c2ccc(F)cc2)C(C)CN1C(=O)[C@@](C)(O)C(F)(F)F. The third kappa shape index (κ3) is 3.94. The molecular weight excluding hydrogens is 392 g/mol. The van der Waals surface area contributed by atoms with Crippen LogP contribution in [0.3, 0.4) is 0 Å². The van der Waals surface area contributed by atoms with Crippen molar-refractivity contribution in [2.24, 2.45) is 0 Å². The van der Waals surface area contributed by atoms with E-state index in [1.165, 1.54) is 13.8 Å². The number of piperazine rings is 1. The Morgan fingerprint density at radius 2 is 1.63 bits per heavy atom. The van der Waals surface area contributed by atoms with Gasteiger partial charge in [0.2, 0.25) is 15.6 Å². The Morgan fingerprint density at radius 3 is 2.11 bits per heavy atom. The number of amides is 1. The Hall–Kier alpha value is -1.72. The van der Waals surface area contributed by atoms with E-state index in [9.17, 15) is 35.9 Å². The molecule has 0 aliphatic carbocycles. The minimum Gasteiger partial charge on any atom is -0.373 e. The molecular formula is C16H20F4N2O4S. The first kappa shape index (κ1) is 21.6. The highest BCUT2D eigenvalue weighted by atomic mass is 32.2. The number of carbonyl (C=O) groups is 1. The van der Waals surface area contributed by atoms with Crippen molar-refractivity contribution in [2.45, 2.75) is 49.5 Å². The summed E-state index contributed by atoms with van der Waals surface area (Å²) in [6.45, 7) is 2.61. The molecule has 1 N–H and O–H groups in total. The van der Waals surface area contributed by atoms with Crippen molar-refractivity contribution in [1.29, 1.82) is 0 Å². The highest BCUT2D eigenvalue weighted by molar-refractivity contribution is 7.89. The van der Waals surface area contributed by atoms with Crippen LogP contribution in [0.5, 0.6) is 0 Å². The lowest BCUT2D eigenvalue weighted by Gasteiger charge is -2.45. The molecule has 2 rings (SSSR count). The van der Waals surface area contributed by atoms with Gasteiger partial charge in [-0.1, -0.05) is 0 Å². The van der Waals surface area contributed by atoms with E-state index >= 15 is 0 Å². The molecule has 11 heteroatoms. The number of sulfonamides is 1. The van der Waals surface area contributed by atoms with Crippen LogP contribution in [0.15, 0.2) is 29.2 Å². The number of hydrogen-bond acceptors (Lipinski definition) is 4. The third-order valence-corrected chi connectivity index (χ3v) is 6.57. The van der Waals surface area contributed by atoms with Gasteiger partial charge < -0.3 is 10.0 Å². The zero-order valence-corrected chi connectivity index (χ0v) is 15.7. The molecule has 1 aliphatic rings. The quantitative estimate of drug-likeness (QED) is 0.768. The van der Waals surface area contributed by atoms with Gasteiger partial charge in [-0.3, -0.25) is 4.79 Å². The van der Waals surface area contributed by atoms with Gasteiger partial charge >= 0.3 is 6.18 Å². The van der Waals surface area contributed by atoms with E-state index in [0.29, 0.717) is 6.92 Å². The summed E-state index contributed by atoms with van der Waals surface area (Å²) in [5, 5.41) is 9.62. The molecule has 1 fully saturated rings. The van der Waals surface area contributed by atoms with E-state index < -0.39 is 45.6 Å². The Balaban J connectivity index is 2.27. The molecule has 1 amide bonds. The first-order chi connectivity index (χ1) is 12.2. The molecule has 1 aliphatic heterocycles. The monoisotopic (exact) mass is 412 g/mol.